The maximum Gasteiger partial charge on any atom is 0.416 e. The number of halogens is 3. The van der Waals surface area contributed by atoms with Crippen LogP contribution in [-0.4, -0.2) is 36.2 Å². The molecule has 2 rings (SSSR count). The number of nitrogens with zero attached hydrogens (tertiary/aromatic N) is 1. The highest BCUT2D eigenvalue weighted by Crippen LogP contribution is 2.31. The number of carboxylic acid groups (broad SMARTS) is 1. The van der Waals surface area contributed by atoms with Crippen LogP contribution < -0.4 is 4.90 Å². The van der Waals surface area contributed by atoms with Crippen LogP contribution in [0.5, 0.6) is 0 Å². The molecular weight excluding hydrogens is 291 g/mol. The van der Waals surface area contributed by atoms with Crippen molar-refractivity contribution in [2.75, 3.05) is 18.1 Å². The van der Waals surface area contributed by atoms with Gasteiger partial charge in [0.2, 0.25) is 0 Å². The van der Waals surface area contributed by atoms with Gasteiger partial charge in [-0.25, -0.2) is 0 Å². The molecule has 1 heterocycles. The molecule has 0 aliphatic carbocycles. The average Bonchev–Trinajstić information content (AvgIpc) is 2.39. The zero-order valence-electron chi connectivity index (χ0n) is 10.8. The number of hydrogen-bond acceptors (Lipinski definition) is 3. The first kappa shape index (κ1) is 15.3. The molecule has 1 atom stereocenters. The SMILES string of the molecule is O=C(O)CC1CN(c2ccc(C(F)(F)F)cc2)C(=O)CO1. The molecule has 0 aromatic heterocycles. The monoisotopic (exact) mass is 303 g/mol. The van der Waals surface area contributed by atoms with E-state index >= 15 is 0 Å². The first-order chi connectivity index (χ1) is 9.77. The van der Waals surface area contributed by atoms with Gasteiger partial charge in [0.15, 0.2) is 0 Å². The van der Waals surface area contributed by atoms with Crippen molar-refractivity contribution in [3.05, 3.63) is 29.8 Å². The van der Waals surface area contributed by atoms with Crippen LogP contribution in [0.25, 0.3) is 0 Å². The number of rotatable bonds is 3. The fourth-order valence-corrected chi connectivity index (χ4v) is 2.02. The van der Waals surface area contributed by atoms with Crippen molar-refractivity contribution in [2.24, 2.45) is 0 Å². The highest BCUT2D eigenvalue weighted by Gasteiger charge is 2.32. The minimum Gasteiger partial charge on any atom is -0.481 e. The fraction of sp³-hybridized carbons (Fsp3) is 0.385. The van der Waals surface area contributed by atoms with E-state index in [-0.39, 0.29) is 25.3 Å². The van der Waals surface area contributed by atoms with E-state index in [4.69, 9.17) is 9.84 Å². The van der Waals surface area contributed by atoms with Gasteiger partial charge in [0.1, 0.15) is 6.61 Å². The summed E-state index contributed by atoms with van der Waals surface area (Å²) in [6.07, 6.45) is -5.40. The standard InChI is InChI=1S/C13H12F3NO4/c14-13(15,16)8-1-3-9(4-2-8)17-6-10(5-12(19)20)21-7-11(17)18/h1-4,10H,5-7H2,(H,19,20). The summed E-state index contributed by atoms with van der Waals surface area (Å²) in [5, 5.41) is 8.71. The van der Waals surface area contributed by atoms with Crippen LogP contribution in [0.4, 0.5) is 18.9 Å². The zero-order chi connectivity index (χ0) is 15.6. The van der Waals surface area contributed by atoms with Gasteiger partial charge in [-0.1, -0.05) is 0 Å². The Morgan fingerprint density at radius 1 is 1.33 bits per heavy atom. The van der Waals surface area contributed by atoms with E-state index in [2.05, 4.69) is 0 Å². The number of anilines is 1. The van der Waals surface area contributed by atoms with Gasteiger partial charge in [0.25, 0.3) is 5.91 Å². The fourth-order valence-electron chi connectivity index (χ4n) is 2.02. The lowest BCUT2D eigenvalue weighted by molar-refractivity contribution is -0.143. The number of amides is 1. The Labute approximate surface area is 117 Å². The van der Waals surface area contributed by atoms with Crippen LogP contribution in [0.3, 0.4) is 0 Å². The number of aliphatic carboxylic acids is 1. The van der Waals surface area contributed by atoms with E-state index in [1.165, 1.54) is 17.0 Å². The second-order valence-electron chi connectivity index (χ2n) is 4.58. The molecule has 1 N–H and O–H groups in total. The third-order valence-electron chi connectivity index (χ3n) is 3.04. The molecule has 1 aromatic rings. The van der Waals surface area contributed by atoms with Crippen LogP contribution in [0.15, 0.2) is 24.3 Å². The molecule has 21 heavy (non-hydrogen) atoms. The van der Waals surface area contributed by atoms with Gasteiger partial charge in [0, 0.05) is 5.69 Å². The molecule has 0 radical (unpaired) electrons. The molecule has 114 valence electrons. The maximum absolute atomic E-state index is 12.5. The van der Waals surface area contributed by atoms with E-state index < -0.39 is 29.7 Å². The van der Waals surface area contributed by atoms with E-state index in [1.54, 1.807) is 0 Å². The van der Waals surface area contributed by atoms with Crippen LogP contribution in [0.1, 0.15) is 12.0 Å². The summed E-state index contributed by atoms with van der Waals surface area (Å²) in [6, 6.07) is 4.13. The summed E-state index contributed by atoms with van der Waals surface area (Å²) >= 11 is 0. The van der Waals surface area contributed by atoms with Crippen molar-refractivity contribution < 1.29 is 32.6 Å². The first-order valence-corrected chi connectivity index (χ1v) is 6.08. The molecule has 1 aromatic carbocycles. The first-order valence-electron chi connectivity index (χ1n) is 6.08. The van der Waals surface area contributed by atoms with E-state index in [9.17, 15) is 22.8 Å². The molecule has 1 aliphatic heterocycles. The van der Waals surface area contributed by atoms with Crippen molar-refractivity contribution >= 4 is 17.6 Å². The lowest BCUT2D eigenvalue weighted by Crippen LogP contribution is -2.47. The van der Waals surface area contributed by atoms with Crippen molar-refractivity contribution in [3.63, 3.8) is 0 Å². The zero-order valence-corrected chi connectivity index (χ0v) is 10.8. The Morgan fingerprint density at radius 2 is 1.95 bits per heavy atom. The second-order valence-corrected chi connectivity index (χ2v) is 4.58. The molecule has 0 bridgehead atoms. The maximum atomic E-state index is 12.5. The Bertz CT molecular complexity index is 541. The Balaban J connectivity index is 2.15. The van der Waals surface area contributed by atoms with E-state index in [0.717, 1.165) is 12.1 Å². The highest BCUT2D eigenvalue weighted by molar-refractivity contribution is 5.95. The number of carbonyl (C=O) groups is 2. The topological polar surface area (TPSA) is 66.8 Å². The lowest BCUT2D eigenvalue weighted by atomic mass is 10.1. The summed E-state index contributed by atoms with van der Waals surface area (Å²) in [4.78, 5) is 23.6. The smallest absolute Gasteiger partial charge is 0.416 e. The summed E-state index contributed by atoms with van der Waals surface area (Å²) < 4.78 is 42.5. The Kier molecular flexibility index (Phi) is 4.17. The predicted octanol–water partition coefficient (Wildman–Crippen LogP) is 1.91. The van der Waals surface area contributed by atoms with Gasteiger partial charge < -0.3 is 14.7 Å². The van der Waals surface area contributed by atoms with E-state index in [0.29, 0.717) is 0 Å². The van der Waals surface area contributed by atoms with Crippen molar-refractivity contribution in [1.29, 1.82) is 0 Å². The molecule has 1 amide bonds. The van der Waals surface area contributed by atoms with Gasteiger partial charge in [-0.2, -0.15) is 13.2 Å². The third kappa shape index (κ3) is 3.72. The summed E-state index contributed by atoms with van der Waals surface area (Å²) in [5.74, 6) is -1.49. The Hall–Kier alpha value is -2.09. The minimum atomic E-state index is -4.45. The number of hydrogen-bond donors (Lipinski definition) is 1. The van der Waals surface area contributed by atoms with E-state index in [1.807, 2.05) is 0 Å². The second kappa shape index (κ2) is 5.72. The molecule has 0 saturated carbocycles. The molecule has 1 aliphatic rings. The number of ether oxygens (including phenoxy) is 1. The molecule has 0 spiro atoms. The number of benzene rings is 1. The Morgan fingerprint density at radius 3 is 2.48 bits per heavy atom. The molecule has 1 saturated heterocycles. The highest BCUT2D eigenvalue weighted by atomic mass is 19.4. The van der Waals surface area contributed by atoms with Gasteiger partial charge in [-0.05, 0) is 24.3 Å². The largest absolute Gasteiger partial charge is 0.481 e. The summed E-state index contributed by atoms with van der Waals surface area (Å²) in [5.41, 5.74) is -0.527. The van der Waals surface area contributed by atoms with Crippen LogP contribution in [0, 0.1) is 0 Å². The van der Waals surface area contributed by atoms with Gasteiger partial charge in [-0.3, -0.25) is 9.59 Å². The summed E-state index contributed by atoms with van der Waals surface area (Å²) in [6.45, 7) is -0.296. The number of carboxylic acids is 1. The van der Waals surface area contributed by atoms with Crippen molar-refractivity contribution in [1.82, 2.24) is 0 Å². The normalized spacial score (nSPS) is 19.7. The molecule has 5 nitrogen and oxygen atoms in total. The number of alkyl halides is 3. The average molecular weight is 303 g/mol. The van der Waals surface area contributed by atoms with Crippen molar-refractivity contribution in [3.8, 4) is 0 Å². The van der Waals surface area contributed by atoms with Crippen LogP contribution in [-0.2, 0) is 20.5 Å². The quantitative estimate of drug-likeness (QED) is 0.926. The van der Waals surface area contributed by atoms with Gasteiger partial charge in [-0.15, -0.1) is 0 Å². The molecular formula is C13H12F3NO4. The predicted molar refractivity (Wildman–Crippen MR) is 65.8 cm³/mol. The summed E-state index contributed by atoms with van der Waals surface area (Å²) in [7, 11) is 0. The van der Waals surface area contributed by atoms with Crippen LogP contribution in [0.2, 0.25) is 0 Å². The van der Waals surface area contributed by atoms with Crippen molar-refractivity contribution in [2.45, 2.75) is 18.7 Å². The van der Waals surface area contributed by atoms with Crippen LogP contribution >= 0.6 is 0 Å². The number of carbonyl (C=O) groups excluding carboxylic acids is 1. The number of morpholine rings is 1. The molecule has 1 unspecified atom stereocenters. The van der Waals surface area contributed by atoms with Gasteiger partial charge >= 0.3 is 12.1 Å². The van der Waals surface area contributed by atoms with Gasteiger partial charge in [0.05, 0.1) is 24.6 Å². The molecule has 1 fully saturated rings. The third-order valence-corrected chi connectivity index (χ3v) is 3.04. The lowest BCUT2D eigenvalue weighted by Gasteiger charge is -2.32. The molecule has 8 heteroatoms. The minimum absolute atomic E-state index is 0.00347.